The third-order valence-corrected chi connectivity index (χ3v) is 5.68. The molecule has 2 aromatic rings. The zero-order valence-corrected chi connectivity index (χ0v) is 13.9. The first-order valence-electron chi connectivity index (χ1n) is 5.64. The summed E-state index contributed by atoms with van der Waals surface area (Å²) in [7, 11) is 1.95. The summed E-state index contributed by atoms with van der Waals surface area (Å²) in [6.07, 6.45) is 0. The van der Waals surface area contributed by atoms with Crippen molar-refractivity contribution < 1.29 is 4.42 Å². The molecule has 0 aliphatic carbocycles. The first-order valence-corrected chi connectivity index (χ1v) is 7.63. The van der Waals surface area contributed by atoms with E-state index in [0.29, 0.717) is 0 Å². The fraction of sp³-hybridized carbons (Fsp3) is 0.385. The first kappa shape index (κ1) is 14.1. The number of hydrogen-bond donors (Lipinski definition) is 1. The van der Waals surface area contributed by atoms with Crippen LogP contribution in [0.4, 0.5) is 0 Å². The van der Waals surface area contributed by atoms with Crippen molar-refractivity contribution in [3.05, 3.63) is 42.4 Å². The highest BCUT2D eigenvalue weighted by Crippen LogP contribution is 2.39. The molecular formula is C13H15BrClNOS. The summed E-state index contributed by atoms with van der Waals surface area (Å²) < 4.78 is 6.67. The van der Waals surface area contributed by atoms with E-state index < -0.39 is 0 Å². The molecule has 0 spiro atoms. The fourth-order valence-electron chi connectivity index (χ4n) is 2.17. The zero-order valence-electron chi connectivity index (χ0n) is 10.7. The fourth-order valence-corrected chi connectivity index (χ4v) is 4.04. The molecule has 18 heavy (non-hydrogen) atoms. The van der Waals surface area contributed by atoms with Crippen LogP contribution in [0, 0.1) is 20.8 Å². The Labute approximate surface area is 124 Å². The normalized spacial score (nSPS) is 13.0. The standard InChI is InChI=1S/C13H15BrClNOS/c1-6-7(2)17-8(3)11(6)12(16-4)10-5-9(15)13(14)18-10/h5,12,16H,1-4H3. The molecule has 2 rings (SSSR count). The summed E-state index contributed by atoms with van der Waals surface area (Å²) in [5, 5.41) is 4.10. The lowest BCUT2D eigenvalue weighted by Gasteiger charge is -2.15. The number of hydrogen-bond acceptors (Lipinski definition) is 3. The Kier molecular flexibility index (Phi) is 4.22. The number of thiophene rings is 1. The van der Waals surface area contributed by atoms with Gasteiger partial charge >= 0.3 is 0 Å². The van der Waals surface area contributed by atoms with Gasteiger partial charge in [0.15, 0.2) is 0 Å². The van der Waals surface area contributed by atoms with Crippen LogP contribution in [0.1, 0.15) is 33.6 Å². The van der Waals surface area contributed by atoms with E-state index in [1.54, 1.807) is 11.3 Å². The molecule has 2 nitrogen and oxygen atoms in total. The van der Waals surface area contributed by atoms with Gasteiger partial charge in [0.25, 0.3) is 0 Å². The first-order chi connectivity index (χ1) is 8.45. The van der Waals surface area contributed by atoms with Crippen LogP contribution in [-0.2, 0) is 0 Å². The van der Waals surface area contributed by atoms with Crippen LogP contribution in [-0.4, -0.2) is 7.05 Å². The van der Waals surface area contributed by atoms with E-state index in [2.05, 4.69) is 28.2 Å². The summed E-state index contributed by atoms with van der Waals surface area (Å²) in [6, 6.07) is 2.12. The highest BCUT2D eigenvalue weighted by molar-refractivity contribution is 9.11. The quantitative estimate of drug-likeness (QED) is 0.845. The van der Waals surface area contributed by atoms with E-state index in [1.807, 2.05) is 27.0 Å². The number of furan rings is 1. The maximum atomic E-state index is 6.12. The summed E-state index contributed by atoms with van der Waals surface area (Å²) in [5.41, 5.74) is 2.41. The van der Waals surface area contributed by atoms with Crippen molar-refractivity contribution in [1.29, 1.82) is 0 Å². The number of aryl methyl sites for hydroxylation is 2. The van der Waals surface area contributed by atoms with E-state index in [0.717, 1.165) is 20.3 Å². The molecule has 2 aromatic heterocycles. The molecule has 0 saturated carbocycles. The number of rotatable bonds is 3. The molecule has 0 bridgehead atoms. The predicted octanol–water partition coefficient (Wildman–Crippen LogP) is 4.99. The van der Waals surface area contributed by atoms with Crippen LogP contribution >= 0.6 is 38.9 Å². The second-order valence-electron chi connectivity index (χ2n) is 4.25. The van der Waals surface area contributed by atoms with E-state index in [-0.39, 0.29) is 6.04 Å². The summed E-state index contributed by atoms with van der Waals surface area (Å²) >= 11 is 11.2. The summed E-state index contributed by atoms with van der Waals surface area (Å²) in [5.74, 6) is 1.94. The van der Waals surface area contributed by atoms with E-state index in [9.17, 15) is 0 Å². The van der Waals surface area contributed by atoms with Gasteiger partial charge in [-0.05, 0) is 55.4 Å². The maximum absolute atomic E-state index is 6.12. The molecule has 0 saturated heterocycles. The number of halogens is 2. The Bertz CT molecular complexity index is 556. The van der Waals surface area contributed by atoms with Gasteiger partial charge in [-0.2, -0.15) is 0 Å². The molecule has 0 aliphatic heterocycles. The SMILES string of the molecule is CNC(c1cc(Cl)c(Br)s1)c1c(C)oc(C)c1C. The topological polar surface area (TPSA) is 25.2 Å². The maximum Gasteiger partial charge on any atom is 0.106 e. The van der Waals surface area contributed by atoms with Crippen molar-refractivity contribution in [1.82, 2.24) is 5.32 Å². The monoisotopic (exact) mass is 347 g/mol. The van der Waals surface area contributed by atoms with Gasteiger partial charge < -0.3 is 9.73 Å². The Balaban J connectivity index is 2.51. The predicted molar refractivity (Wildman–Crippen MR) is 80.9 cm³/mol. The number of nitrogens with one attached hydrogen (secondary N) is 1. The summed E-state index contributed by atoms with van der Waals surface area (Å²) in [6.45, 7) is 6.09. The van der Waals surface area contributed by atoms with Gasteiger partial charge in [0.05, 0.1) is 14.9 Å². The van der Waals surface area contributed by atoms with Crippen molar-refractivity contribution in [3.63, 3.8) is 0 Å². The minimum Gasteiger partial charge on any atom is -0.466 e. The Morgan fingerprint density at radius 3 is 2.39 bits per heavy atom. The Hall–Kier alpha value is -0.290. The van der Waals surface area contributed by atoms with Crippen molar-refractivity contribution >= 4 is 38.9 Å². The van der Waals surface area contributed by atoms with Gasteiger partial charge in [-0.3, -0.25) is 0 Å². The molecule has 1 unspecified atom stereocenters. The molecule has 5 heteroatoms. The van der Waals surface area contributed by atoms with Crippen LogP contribution in [0.25, 0.3) is 0 Å². The molecule has 1 atom stereocenters. The molecular weight excluding hydrogens is 334 g/mol. The molecule has 1 N–H and O–H groups in total. The van der Waals surface area contributed by atoms with Gasteiger partial charge in [-0.1, -0.05) is 11.6 Å². The highest BCUT2D eigenvalue weighted by atomic mass is 79.9. The lowest BCUT2D eigenvalue weighted by Crippen LogP contribution is -2.17. The van der Waals surface area contributed by atoms with Gasteiger partial charge in [0, 0.05) is 10.4 Å². The van der Waals surface area contributed by atoms with Crippen LogP contribution in [0.15, 0.2) is 14.3 Å². The third-order valence-electron chi connectivity index (χ3n) is 3.14. The lowest BCUT2D eigenvalue weighted by atomic mass is 10.0. The van der Waals surface area contributed by atoms with Crippen molar-refractivity contribution in [2.24, 2.45) is 0 Å². The molecule has 0 amide bonds. The lowest BCUT2D eigenvalue weighted by molar-refractivity contribution is 0.496. The average molecular weight is 349 g/mol. The average Bonchev–Trinajstić information content (AvgIpc) is 2.75. The molecule has 0 aliphatic rings. The second kappa shape index (κ2) is 5.37. The smallest absolute Gasteiger partial charge is 0.106 e. The largest absolute Gasteiger partial charge is 0.466 e. The van der Waals surface area contributed by atoms with Crippen molar-refractivity contribution in [3.8, 4) is 0 Å². The van der Waals surface area contributed by atoms with Crippen LogP contribution in [0.3, 0.4) is 0 Å². The minimum absolute atomic E-state index is 0.122. The van der Waals surface area contributed by atoms with E-state index in [1.165, 1.54) is 16.0 Å². The van der Waals surface area contributed by atoms with Crippen molar-refractivity contribution in [2.45, 2.75) is 26.8 Å². The van der Waals surface area contributed by atoms with Gasteiger partial charge in [-0.15, -0.1) is 11.3 Å². The van der Waals surface area contributed by atoms with Crippen LogP contribution in [0.2, 0.25) is 5.02 Å². The zero-order chi connectivity index (χ0) is 13.4. The van der Waals surface area contributed by atoms with Gasteiger partial charge in [0.2, 0.25) is 0 Å². The Morgan fingerprint density at radius 2 is 2.00 bits per heavy atom. The molecule has 98 valence electrons. The molecule has 0 radical (unpaired) electrons. The Morgan fingerprint density at radius 1 is 1.33 bits per heavy atom. The third kappa shape index (κ3) is 2.39. The van der Waals surface area contributed by atoms with E-state index in [4.69, 9.17) is 16.0 Å². The van der Waals surface area contributed by atoms with Gasteiger partial charge in [-0.25, -0.2) is 0 Å². The van der Waals surface area contributed by atoms with Crippen LogP contribution in [0.5, 0.6) is 0 Å². The van der Waals surface area contributed by atoms with Crippen LogP contribution < -0.4 is 5.32 Å². The minimum atomic E-state index is 0.122. The molecule has 0 aromatic carbocycles. The van der Waals surface area contributed by atoms with Crippen molar-refractivity contribution in [2.75, 3.05) is 7.05 Å². The molecule has 0 fully saturated rings. The second-order valence-corrected chi connectivity index (χ2v) is 7.05. The van der Waals surface area contributed by atoms with E-state index >= 15 is 0 Å². The van der Waals surface area contributed by atoms with Gasteiger partial charge in [0.1, 0.15) is 11.5 Å². The molecule has 2 heterocycles. The summed E-state index contributed by atoms with van der Waals surface area (Å²) in [4.78, 5) is 1.18. The highest BCUT2D eigenvalue weighted by Gasteiger charge is 2.23.